The van der Waals surface area contributed by atoms with E-state index in [2.05, 4.69) is 5.10 Å². The molecule has 0 aliphatic heterocycles. The second-order valence-corrected chi connectivity index (χ2v) is 5.93. The number of aryl methyl sites for hydroxylation is 1. The summed E-state index contributed by atoms with van der Waals surface area (Å²) in [6, 6.07) is 7.03. The third kappa shape index (κ3) is 3.49. The maximum atomic E-state index is 11.5. The van der Waals surface area contributed by atoms with Crippen molar-refractivity contribution in [2.75, 3.05) is 19.1 Å². The van der Waals surface area contributed by atoms with Gasteiger partial charge in [0.25, 0.3) is 0 Å². The normalized spacial score (nSPS) is 11.9. The number of nitrogens with zero attached hydrogens (tertiary/aromatic N) is 3. The molecule has 0 bridgehead atoms. The highest BCUT2D eigenvalue weighted by Crippen LogP contribution is 2.30. The van der Waals surface area contributed by atoms with E-state index < -0.39 is 5.97 Å². The lowest BCUT2D eigenvalue weighted by Crippen LogP contribution is -2.25. The number of hydrogen-bond acceptors (Lipinski definition) is 4. The molecule has 6 nitrogen and oxygen atoms in total. The first-order valence-electron chi connectivity index (χ1n) is 6.97. The molecule has 0 aliphatic rings. The largest absolute Gasteiger partial charge is 0.499 e. The first kappa shape index (κ1) is 18.2. The van der Waals surface area contributed by atoms with Gasteiger partial charge in [-0.25, -0.2) is 4.79 Å². The van der Waals surface area contributed by atoms with E-state index in [0.717, 1.165) is 11.3 Å². The number of likely N-dealkylation sites (N-methyl/N-ethyl adjacent to an activating group) is 1. The van der Waals surface area contributed by atoms with E-state index in [0.29, 0.717) is 15.9 Å². The topological polar surface area (TPSA) is 67.6 Å². The number of carbonyl (C=O) groups is 1. The molecule has 8 heteroatoms. The Morgan fingerprint density at radius 2 is 1.96 bits per heavy atom. The summed E-state index contributed by atoms with van der Waals surface area (Å²) in [7, 11) is 4.81. The van der Waals surface area contributed by atoms with Gasteiger partial charge in [-0.3, -0.25) is 4.68 Å². The maximum Gasteiger partial charge on any atom is 0.356 e. The molecule has 0 atom stereocenters. The van der Waals surface area contributed by atoms with Gasteiger partial charge in [-0.1, -0.05) is 29.3 Å². The van der Waals surface area contributed by atoms with Crippen LogP contribution in [-0.2, 0) is 16.6 Å². The fourth-order valence-electron chi connectivity index (χ4n) is 2.28. The number of aliphatic carboxylic acids is 1. The third-order valence-corrected chi connectivity index (χ3v) is 4.34. The van der Waals surface area contributed by atoms with Crippen molar-refractivity contribution in [1.29, 1.82) is 0 Å². The molecular weight excluding hydrogens is 353 g/mol. The van der Waals surface area contributed by atoms with E-state index in [9.17, 15) is 9.90 Å². The molecule has 2 aromatic rings. The van der Waals surface area contributed by atoms with Gasteiger partial charge in [-0.15, -0.1) is 0 Å². The summed E-state index contributed by atoms with van der Waals surface area (Å²) < 4.78 is 6.70. The van der Waals surface area contributed by atoms with E-state index in [1.807, 2.05) is 6.07 Å². The number of hydrogen-bond donors (Lipinski definition) is 1. The number of halogens is 2. The van der Waals surface area contributed by atoms with Crippen LogP contribution in [0, 0.1) is 0 Å². The summed E-state index contributed by atoms with van der Waals surface area (Å²) in [5, 5.41) is 14.7. The van der Waals surface area contributed by atoms with Gasteiger partial charge in [0.1, 0.15) is 5.76 Å². The molecule has 0 fully saturated rings. The van der Waals surface area contributed by atoms with Gasteiger partial charge in [0.2, 0.25) is 0 Å². The Hall–Kier alpha value is -2.18. The Labute approximate surface area is 149 Å². The summed E-state index contributed by atoms with van der Waals surface area (Å²) in [6.07, 6.45) is 0. The summed E-state index contributed by atoms with van der Waals surface area (Å²) in [6.45, 7) is 1.59. The summed E-state index contributed by atoms with van der Waals surface area (Å²) in [4.78, 5) is 13.0. The number of carboxylic acid groups (broad SMARTS) is 1. The number of benzene rings is 1. The second-order valence-electron chi connectivity index (χ2n) is 5.11. The predicted molar refractivity (Wildman–Crippen MR) is 94.4 cm³/mol. The lowest BCUT2D eigenvalue weighted by atomic mass is 10.1. The first-order chi connectivity index (χ1) is 11.3. The van der Waals surface area contributed by atoms with E-state index in [1.54, 1.807) is 43.9 Å². The molecule has 0 aliphatic carbocycles. The van der Waals surface area contributed by atoms with Crippen LogP contribution in [0.2, 0.25) is 10.0 Å². The average molecular weight is 370 g/mol. The number of methoxy groups -OCH3 is 1. The van der Waals surface area contributed by atoms with Crippen molar-refractivity contribution >= 4 is 35.0 Å². The highest BCUT2D eigenvalue weighted by atomic mass is 35.5. The Morgan fingerprint density at radius 1 is 1.29 bits per heavy atom. The molecule has 2 rings (SSSR count). The van der Waals surface area contributed by atoms with E-state index >= 15 is 0 Å². The molecule has 0 spiro atoms. The molecule has 1 aromatic heterocycles. The maximum absolute atomic E-state index is 11.5. The van der Waals surface area contributed by atoms with Crippen LogP contribution >= 0.6 is 23.2 Å². The van der Waals surface area contributed by atoms with Crippen molar-refractivity contribution in [3.63, 3.8) is 0 Å². The van der Waals surface area contributed by atoms with Crippen molar-refractivity contribution < 1.29 is 14.6 Å². The number of rotatable bonds is 5. The lowest BCUT2D eigenvalue weighted by molar-refractivity contribution is -0.133. The van der Waals surface area contributed by atoms with Crippen molar-refractivity contribution in [1.82, 2.24) is 9.78 Å². The van der Waals surface area contributed by atoms with Crippen LogP contribution in [0.3, 0.4) is 0 Å². The van der Waals surface area contributed by atoms with Gasteiger partial charge in [0.05, 0.1) is 22.8 Å². The van der Waals surface area contributed by atoms with Crippen LogP contribution < -0.4 is 4.90 Å². The monoisotopic (exact) mass is 369 g/mol. The first-order valence-corrected chi connectivity index (χ1v) is 7.73. The van der Waals surface area contributed by atoms with Crippen LogP contribution in [0.5, 0.6) is 0 Å². The third-order valence-electron chi connectivity index (χ3n) is 3.60. The number of anilines is 1. The van der Waals surface area contributed by atoms with Gasteiger partial charge in [-0.2, -0.15) is 5.10 Å². The molecule has 0 radical (unpaired) electrons. The smallest absolute Gasteiger partial charge is 0.356 e. The van der Waals surface area contributed by atoms with E-state index in [1.165, 1.54) is 12.0 Å². The molecule has 1 heterocycles. The molecule has 1 aromatic carbocycles. The number of ether oxygens (including phenoxy) is 1. The Bertz CT molecular complexity index is 815. The van der Waals surface area contributed by atoms with Gasteiger partial charge < -0.3 is 14.7 Å². The molecule has 0 saturated heterocycles. The highest BCUT2D eigenvalue weighted by molar-refractivity contribution is 6.42. The lowest BCUT2D eigenvalue weighted by Gasteiger charge is -2.18. The average Bonchev–Trinajstić information content (AvgIpc) is 2.91. The zero-order chi connectivity index (χ0) is 18.0. The second kappa shape index (κ2) is 7.15. The molecule has 0 saturated carbocycles. The van der Waals surface area contributed by atoms with Crippen molar-refractivity contribution in [3.8, 4) is 11.3 Å². The number of allylic oxidation sites excluding steroid dienone is 1. The van der Waals surface area contributed by atoms with Gasteiger partial charge in [0.15, 0.2) is 11.5 Å². The molecule has 128 valence electrons. The number of carboxylic acids is 1. The summed E-state index contributed by atoms with van der Waals surface area (Å²) in [5.74, 6) is -0.349. The Morgan fingerprint density at radius 3 is 2.50 bits per heavy atom. The minimum atomic E-state index is -1.10. The van der Waals surface area contributed by atoms with Gasteiger partial charge in [0, 0.05) is 25.7 Å². The van der Waals surface area contributed by atoms with Crippen molar-refractivity contribution in [2.24, 2.45) is 7.05 Å². The van der Waals surface area contributed by atoms with Gasteiger partial charge >= 0.3 is 5.97 Å². The van der Waals surface area contributed by atoms with Crippen LogP contribution in [0.1, 0.15) is 6.92 Å². The molecule has 1 N–H and O–H groups in total. The predicted octanol–water partition coefficient (Wildman–Crippen LogP) is 3.79. The van der Waals surface area contributed by atoms with Gasteiger partial charge in [-0.05, 0) is 19.1 Å². The van der Waals surface area contributed by atoms with Crippen LogP contribution in [0.15, 0.2) is 35.7 Å². The van der Waals surface area contributed by atoms with Crippen LogP contribution in [0.4, 0.5) is 5.82 Å². The summed E-state index contributed by atoms with van der Waals surface area (Å²) in [5.41, 5.74) is 1.61. The minimum absolute atomic E-state index is 0.0105. The summed E-state index contributed by atoms with van der Waals surface area (Å²) >= 11 is 12.0. The highest BCUT2D eigenvalue weighted by Gasteiger charge is 2.22. The zero-order valence-electron chi connectivity index (χ0n) is 13.7. The van der Waals surface area contributed by atoms with E-state index in [4.69, 9.17) is 27.9 Å². The standard InChI is InChI=1S/C16H17Cl2N3O3/c1-9(24-4)15(16(22)23)20(2)14-8-13(21(3)19-14)10-5-6-11(17)12(18)7-10/h5-8H,1-4H3,(H,22,23). The quantitative estimate of drug-likeness (QED) is 0.641. The fraction of sp³-hybridized carbons (Fsp3) is 0.250. The van der Waals surface area contributed by atoms with E-state index in [-0.39, 0.29) is 11.5 Å². The number of aromatic nitrogens is 2. The van der Waals surface area contributed by atoms with Crippen LogP contribution in [0.25, 0.3) is 11.3 Å². The molecule has 0 unspecified atom stereocenters. The fourth-order valence-corrected chi connectivity index (χ4v) is 2.58. The Balaban J connectivity index is 2.48. The minimum Gasteiger partial charge on any atom is -0.499 e. The van der Waals surface area contributed by atoms with Crippen molar-refractivity contribution in [2.45, 2.75) is 6.92 Å². The molecule has 24 heavy (non-hydrogen) atoms. The SMILES string of the molecule is COC(C)=C(C(=O)O)N(C)c1cc(-c2ccc(Cl)c(Cl)c2)n(C)n1. The molecule has 0 amide bonds. The Kier molecular flexibility index (Phi) is 5.41. The van der Waals surface area contributed by atoms with Crippen molar-refractivity contribution in [3.05, 3.63) is 45.8 Å². The zero-order valence-corrected chi connectivity index (χ0v) is 15.2. The van der Waals surface area contributed by atoms with Crippen LogP contribution in [-0.4, -0.2) is 35.0 Å². The molecular formula is C16H17Cl2N3O3.